The molecule has 4 nitrogen and oxygen atoms in total. The van der Waals surface area contributed by atoms with Crippen LogP contribution in [0, 0.1) is 13.8 Å². The molecule has 0 amide bonds. The molecule has 112 valence electrons. The molecule has 0 aliphatic heterocycles. The zero-order valence-electron chi connectivity index (χ0n) is 11.0. The summed E-state index contributed by atoms with van der Waals surface area (Å²) in [5, 5.41) is 0.0775. The number of benzene rings is 1. The molecule has 0 fully saturated rings. The van der Waals surface area contributed by atoms with Crippen molar-refractivity contribution in [2.45, 2.75) is 20.2 Å². The summed E-state index contributed by atoms with van der Waals surface area (Å²) in [4.78, 5) is 8.16. The maximum atomic E-state index is 12.0. The van der Waals surface area contributed by atoms with E-state index in [1.165, 1.54) is 12.1 Å². The van der Waals surface area contributed by atoms with E-state index in [0.717, 1.165) is 12.1 Å². The number of alkyl halides is 3. The molecular formula is C13H10ClF3N2O2. The standard InChI is InChI=1S/C13H10ClF3N2O2/c1-7-8(2)19-12(11(14)18-7)20-9-3-5-10(6-4-9)21-13(15,16)17/h3-6H,1-2H3. The van der Waals surface area contributed by atoms with Crippen LogP contribution in [0.4, 0.5) is 13.2 Å². The van der Waals surface area contributed by atoms with Crippen molar-refractivity contribution in [3.8, 4) is 17.4 Å². The van der Waals surface area contributed by atoms with Crippen LogP contribution in [0.25, 0.3) is 0 Å². The minimum Gasteiger partial charge on any atom is -0.436 e. The van der Waals surface area contributed by atoms with E-state index < -0.39 is 6.36 Å². The number of aromatic nitrogens is 2. The summed E-state index contributed by atoms with van der Waals surface area (Å²) < 4.78 is 45.2. The van der Waals surface area contributed by atoms with Crippen LogP contribution in [-0.2, 0) is 0 Å². The zero-order valence-corrected chi connectivity index (χ0v) is 11.8. The molecule has 0 unspecified atom stereocenters. The Morgan fingerprint density at radius 3 is 2.05 bits per heavy atom. The number of aryl methyl sites for hydroxylation is 2. The molecule has 1 aromatic carbocycles. The van der Waals surface area contributed by atoms with Crippen LogP contribution in [0.1, 0.15) is 11.4 Å². The van der Waals surface area contributed by atoms with Crippen LogP contribution in [-0.4, -0.2) is 16.3 Å². The van der Waals surface area contributed by atoms with Gasteiger partial charge in [-0.05, 0) is 38.1 Å². The fourth-order valence-corrected chi connectivity index (χ4v) is 1.65. The molecule has 0 aliphatic carbocycles. The molecule has 1 heterocycles. The normalized spacial score (nSPS) is 11.3. The SMILES string of the molecule is Cc1nc(Cl)c(Oc2ccc(OC(F)(F)F)cc2)nc1C. The Hall–Kier alpha value is -2.02. The lowest BCUT2D eigenvalue weighted by Gasteiger charge is -2.10. The first kappa shape index (κ1) is 15.4. The summed E-state index contributed by atoms with van der Waals surface area (Å²) in [5.41, 5.74) is 1.31. The molecule has 2 rings (SSSR count). The van der Waals surface area contributed by atoms with Crippen molar-refractivity contribution in [1.29, 1.82) is 0 Å². The van der Waals surface area contributed by atoms with Crippen LogP contribution >= 0.6 is 11.6 Å². The number of rotatable bonds is 3. The minimum atomic E-state index is -4.73. The maximum Gasteiger partial charge on any atom is 0.573 e. The third-order valence-corrected chi connectivity index (χ3v) is 2.75. The highest BCUT2D eigenvalue weighted by Gasteiger charge is 2.31. The van der Waals surface area contributed by atoms with Crippen molar-refractivity contribution in [3.05, 3.63) is 40.8 Å². The molecule has 0 bridgehead atoms. The predicted octanol–water partition coefficient (Wildman–Crippen LogP) is 4.44. The van der Waals surface area contributed by atoms with Gasteiger partial charge in [0.25, 0.3) is 5.88 Å². The van der Waals surface area contributed by atoms with Gasteiger partial charge in [-0.25, -0.2) is 9.97 Å². The molecule has 2 aromatic rings. The van der Waals surface area contributed by atoms with Crippen molar-refractivity contribution >= 4 is 11.6 Å². The average Bonchev–Trinajstić information content (AvgIpc) is 2.36. The lowest BCUT2D eigenvalue weighted by molar-refractivity contribution is -0.274. The van der Waals surface area contributed by atoms with Gasteiger partial charge in [0.15, 0.2) is 5.15 Å². The van der Waals surface area contributed by atoms with Gasteiger partial charge in [0.1, 0.15) is 11.5 Å². The number of ether oxygens (including phenoxy) is 2. The van der Waals surface area contributed by atoms with Crippen LogP contribution in [0.3, 0.4) is 0 Å². The molecule has 0 radical (unpaired) electrons. The van der Waals surface area contributed by atoms with Gasteiger partial charge >= 0.3 is 6.36 Å². The van der Waals surface area contributed by atoms with Gasteiger partial charge in [-0.3, -0.25) is 0 Å². The van der Waals surface area contributed by atoms with Crippen molar-refractivity contribution in [3.63, 3.8) is 0 Å². The molecular weight excluding hydrogens is 309 g/mol. The van der Waals surface area contributed by atoms with Gasteiger partial charge in [-0.2, -0.15) is 0 Å². The summed E-state index contributed by atoms with van der Waals surface area (Å²) in [6.07, 6.45) is -4.73. The lowest BCUT2D eigenvalue weighted by atomic mass is 10.3. The summed E-state index contributed by atoms with van der Waals surface area (Å²) in [5.74, 6) is 0.0142. The largest absolute Gasteiger partial charge is 0.573 e. The fraction of sp³-hybridized carbons (Fsp3) is 0.231. The zero-order chi connectivity index (χ0) is 15.6. The lowest BCUT2D eigenvalue weighted by Crippen LogP contribution is -2.16. The predicted molar refractivity (Wildman–Crippen MR) is 69.7 cm³/mol. The van der Waals surface area contributed by atoms with E-state index in [2.05, 4.69) is 14.7 Å². The monoisotopic (exact) mass is 318 g/mol. The quantitative estimate of drug-likeness (QED) is 0.839. The number of hydrogen-bond acceptors (Lipinski definition) is 4. The average molecular weight is 319 g/mol. The van der Waals surface area contributed by atoms with E-state index in [-0.39, 0.29) is 22.5 Å². The van der Waals surface area contributed by atoms with Crippen LogP contribution in [0.2, 0.25) is 5.15 Å². The van der Waals surface area contributed by atoms with Gasteiger partial charge in [0.05, 0.1) is 11.4 Å². The summed E-state index contributed by atoms with van der Waals surface area (Å²) in [7, 11) is 0. The molecule has 0 N–H and O–H groups in total. The Labute approximate surface area is 123 Å². The second-order valence-corrected chi connectivity index (χ2v) is 4.47. The van der Waals surface area contributed by atoms with E-state index in [4.69, 9.17) is 16.3 Å². The molecule has 0 saturated heterocycles. The molecule has 0 atom stereocenters. The highest BCUT2D eigenvalue weighted by atomic mass is 35.5. The van der Waals surface area contributed by atoms with Gasteiger partial charge < -0.3 is 9.47 Å². The third kappa shape index (κ3) is 4.22. The van der Waals surface area contributed by atoms with E-state index in [1.807, 2.05) is 0 Å². The summed E-state index contributed by atoms with van der Waals surface area (Å²) in [6.45, 7) is 3.49. The Morgan fingerprint density at radius 2 is 1.48 bits per heavy atom. The molecule has 21 heavy (non-hydrogen) atoms. The summed E-state index contributed by atoms with van der Waals surface area (Å²) >= 11 is 5.90. The topological polar surface area (TPSA) is 44.2 Å². The smallest absolute Gasteiger partial charge is 0.436 e. The maximum absolute atomic E-state index is 12.0. The van der Waals surface area contributed by atoms with E-state index in [0.29, 0.717) is 11.4 Å². The van der Waals surface area contributed by atoms with Crippen molar-refractivity contribution in [2.24, 2.45) is 0 Å². The molecule has 1 aromatic heterocycles. The fourth-order valence-electron chi connectivity index (χ4n) is 1.44. The van der Waals surface area contributed by atoms with E-state index >= 15 is 0 Å². The van der Waals surface area contributed by atoms with Crippen LogP contribution in [0.5, 0.6) is 17.4 Å². The first-order valence-corrected chi connectivity index (χ1v) is 6.17. The van der Waals surface area contributed by atoms with Crippen molar-refractivity contribution in [1.82, 2.24) is 9.97 Å². The van der Waals surface area contributed by atoms with Gasteiger partial charge in [0.2, 0.25) is 0 Å². The van der Waals surface area contributed by atoms with Crippen molar-refractivity contribution in [2.75, 3.05) is 0 Å². The Bertz CT molecular complexity index is 645. The first-order valence-electron chi connectivity index (χ1n) is 5.79. The number of hydrogen-bond donors (Lipinski definition) is 0. The second-order valence-electron chi connectivity index (χ2n) is 4.11. The van der Waals surface area contributed by atoms with Crippen LogP contribution < -0.4 is 9.47 Å². The van der Waals surface area contributed by atoms with E-state index in [1.54, 1.807) is 13.8 Å². The Morgan fingerprint density at radius 1 is 0.952 bits per heavy atom. The molecule has 0 saturated carbocycles. The highest BCUT2D eigenvalue weighted by molar-refractivity contribution is 6.30. The Balaban J connectivity index is 2.16. The third-order valence-electron chi connectivity index (χ3n) is 2.51. The molecule has 0 spiro atoms. The minimum absolute atomic E-state index is 0.0775. The molecule has 0 aliphatic rings. The highest BCUT2D eigenvalue weighted by Crippen LogP contribution is 2.29. The Kier molecular flexibility index (Phi) is 4.22. The summed E-state index contributed by atoms with van der Waals surface area (Å²) in [6, 6.07) is 4.89. The van der Waals surface area contributed by atoms with Gasteiger partial charge in [-0.15, -0.1) is 13.2 Å². The van der Waals surface area contributed by atoms with Gasteiger partial charge in [-0.1, -0.05) is 11.6 Å². The first-order chi connectivity index (χ1) is 9.74. The second kappa shape index (κ2) is 5.77. The van der Waals surface area contributed by atoms with Gasteiger partial charge in [0, 0.05) is 0 Å². The number of halogens is 4. The van der Waals surface area contributed by atoms with Crippen molar-refractivity contribution < 1.29 is 22.6 Å². The molecule has 8 heteroatoms. The van der Waals surface area contributed by atoms with E-state index in [9.17, 15) is 13.2 Å². The number of nitrogens with zero attached hydrogens (tertiary/aromatic N) is 2. The van der Waals surface area contributed by atoms with Crippen LogP contribution in [0.15, 0.2) is 24.3 Å².